The van der Waals surface area contributed by atoms with Gasteiger partial charge in [0.2, 0.25) is 0 Å². The van der Waals surface area contributed by atoms with Crippen molar-refractivity contribution in [2.45, 2.75) is 46.5 Å². The van der Waals surface area contributed by atoms with E-state index in [-0.39, 0.29) is 33.0 Å². The molecule has 0 N–H and O–H groups in total. The summed E-state index contributed by atoms with van der Waals surface area (Å²) in [6.07, 6.45) is 4.85. The first-order chi connectivity index (χ1) is 12.5. The van der Waals surface area contributed by atoms with Gasteiger partial charge in [-0.25, -0.2) is 0 Å². The minimum absolute atomic E-state index is 0. The summed E-state index contributed by atoms with van der Waals surface area (Å²) in [5, 5.41) is 1.53. The molecule has 2 unspecified atom stereocenters. The molecule has 2 atom stereocenters. The van der Waals surface area contributed by atoms with Gasteiger partial charge in [-0.05, 0) is 56.9 Å². The quantitative estimate of drug-likeness (QED) is 0.377. The number of unbranched alkanes of at least 4 members (excludes halogenated alkanes) is 1. The third-order valence-corrected chi connectivity index (χ3v) is 6.00. The van der Waals surface area contributed by atoms with Crippen LogP contribution in [0.15, 0.2) is 42.5 Å². The van der Waals surface area contributed by atoms with Crippen LogP contribution in [0.1, 0.15) is 55.5 Å². The van der Waals surface area contributed by atoms with Gasteiger partial charge in [-0.3, -0.25) is 4.79 Å². The molecule has 2 nitrogen and oxygen atoms in total. The summed E-state index contributed by atoms with van der Waals surface area (Å²) in [5.41, 5.74) is 1.63. The van der Waals surface area contributed by atoms with Gasteiger partial charge in [-0.1, -0.05) is 69.0 Å². The number of ether oxygens (including phenoxy) is 1. The van der Waals surface area contributed by atoms with E-state index in [1.807, 2.05) is 43.3 Å². The number of carbonyl (C=O) groups is 1. The molecular weight excluding hydrogens is 370 g/mol. The van der Waals surface area contributed by atoms with E-state index in [4.69, 9.17) is 16.3 Å². The van der Waals surface area contributed by atoms with Crippen LogP contribution < -0.4 is 10.0 Å². The van der Waals surface area contributed by atoms with E-state index in [1.165, 1.54) is 19.3 Å². The minimum atomic E-state index is 0. The van der Waals surface area contributed by atoms with Gasteiger partial charge in [0.15, 0.2) is 5.52 Å². The molecule has 0 amide bonds. The molecule has 0 saturated carbocycles. The van der Waals surface area contributed by atoms with Gasteiger partial charge in [-0.2, -0.15) is 0 Å². The Hall–Kier alpha value is -0.773. The third kappa shape index (κ3) is 7.63. The first kappa shape index (κ1) is 24.3. The van der Waals surface area contributed by atoms with E-state index in [9.17, 15) is 4.79 Å². The van der Waals surface area contributed by atoms with Crippen LogP contribution in [0.2, 0.25) is 5.02 Å². The predicted octanol–water partition coefficient (Wildman–Crippen LogP) is 5.74. The summed E-state index contributed by atoms with van der Waals surface area (Å²) >= 11 is 6.20. The van der Waals surface area contributed by atoms with E-state index in [1.54, 1.807) is 6.07 Å². The van der Waals surface area contributed by atoms with Gasteiger partial charge in [0, 0.05) is 5.56 Å². The average Bonchev–Trinajstić information content (AvgIpc) is 2.63. The Kier molecular flexibility index (Phi) is 11.4. The van der Waals surface area contributed by atoms with E-state index in [0.29, 0.717) is 16.5 Å². The van der Waals surface area contributed by atoms with E-state index < -0.39 is 0 Å². The van der Waals surface area contributed by atoms with Gasteiger partial charge < -0.3 is 4.74 Å². The molecule has 27 heavy (non-hydrogen) atoms. The first-order valence-electron chi connectivity index (χ1n) is 9.34. The fraction of sp³-hybridized carbons (Fsp3) is 0.409. The van der Waals surface area contributed by atoms with Crippen LogP contribution in [-0.4, -0.2) is 31.0 Å². The molecule has 142 valence electrons. The van der Waals surface area contributed by atoms with Crippen molar-refractivity contribution in [1.29, 1.82) is 0 Å². The SMILES string of the molecule is CCCCC(CC)COc1ccc(PC(=O)c2c(C)cccc2Cl)cc1.[LiH]. The van der Waals surface area contributed by atoms with Crippen molar-refractivity contribution in [2.75, 3.05) is 6.61 Å². The zero-order valence-corrected chi connectivity index (χ0v) is 17.6. The van der Waals surface area contributed by atoms with Crippen molar-refractivity contribution in [3.63, 3.8) is 0 Å². The van der Waals surface area contributed by atoms with Crippen molar-refractivity contribution in [1.82, 2.24) is 0 Å². The molecule has 2 aromatic carbocycles. The Morgan fingerprint density at radius 3 is 2.44 bits per heavy atom. The molecule has 0 aliphatic carbocycles. The summed E-state index contributed by atoms with van der Waals surface area (Å²) in [7, 11) is 0.0633. The number of rotatable bonds is 10. The third-order valence-electron chi connectivity index (χ3n) is 4.59. The van der Waals surface area contributed by atoms with Crippen molar-refractivity contribution < 1.29 is 9.53 Å². The normalized spacial score (nSPS) is 12.0. The second kappa shape index (κ2) is 12.6. The topological polar surface area (TPSA) is 26.3 Å². The molecular formula is C22H29ClLiO2P. The van der Waals surface area contributed by atoms with Gasteiger partial charge in [0.05, 0.1) is 11.6 Å². The van der Waals surface area contributed by atoms with E-state index in [2.05, 4.69) is 13.8 Å². The number of benzene rings is 2. The fourth-order valence-corrected chi connectivity index (χ4v) is 4.30. The zero-order valence-electron chi connectivity index (χ0n) is 15.8. The molecule has 5 heteroatoms. The predicted molar refractivity (Wildman–Crippen MR) is 121 cm³/mol. The van der Waals surface area contributed by atoms with Gasteiger partial charge >= 0.3 is 18.9 Å². The monoisotopic (exact) mass is 398 g/mol. The van der Waals surface area contributed by atoms with Crippen LogP contribution in [-0.2, 0) is 0 Å². The Labute approximate surface area is 182 Å². The second-order valence-electron chi connectivity index (χ2n) is 6.64. The summed E-state index contributed by atoms with van der Waals surface area (Å²) in [6.45, 7) is 7.12. The van der Waals surface area contributed by atoms with Crippen molar-refractivity contribution >= 4 is 49.9 Å². The van der Waals surface area contributed by atoms with Crippen LogP contribution in [0, 0.1) is 12.8 Å². The molecule has 0 aromatic heterocycles. The number of carbonyl (C=O) groups excluding carboxylic acids is 1. The zero-order chi connectivity index (χ0) is 18.9. The van der Waals surface area contributed by atoms with E-state index >= 15 is 0 Å². The van der Waals surface area contributed by atoms with E-state index in [0.717, 1.165) is 29.6 Å². The summed E-state index contributed by atoms with van der Waals surface area (Å²) < 4.78 is 5.94. The Morgan fingerprint density at radius 1 is 1.15 bits per heavy atom. The number of hydrogen-bond acceptors (Lipinski definition) is 2. The fourth-order valence-electron chi connectivity index (χ4n) is 2.86. The van der Waals surface area contributed by atoms with Crippen LogP contribution in [0.5, 0.6) is 5.75 Å². The maximum absolute atomic E-state index is 12.6. The molecule has 0 saturated heterocycles. The van der Waals surface area contributed by atoms with Gasteiger partial charge in [0.1, 0.15) is 5.75 Å². The van der Waals surface area contributed by atoms with Crippen molar-refractivity contribution in [3.8, 4) is 5.75 Å². The van der Waals surface area contributed by atoms with Crippen molar-refractivity contribution in [2.24, 2.45) is 5.92 Å². The summed E-state index contributed by atoms with van der Waals surface area (Å²) in [4.78, 5) is 12.6. The van der Waals surface area contributed by atoms with Gasteiger partial charge in [0.25, 0.3) is 0 Å². The van der Waals surface area contributed by atoms with Crippen LogP contribution in [0.3, 0.4) is 0 Å². The standard InChI is InChI=1S/C22H28ClO2P.Li.H/c1-4-6-9-17(5-2)15-25-18-11-13-19(14-12-18)26-22(24)21-16(3)8-7-10-20(21)23;;/h7-8,10-14,17,26H,4-6,9,15H2,1-3H3;;. The molecule has 2 aromatic rings. The van der Waals surface area contributed by atoms with Crippen LogP contribution in [0.25, 0.3) is 0 Å². The maximum atomic E-state index is 12.6. The second-order valence-corrected chi connectivity index (χ2v) is 8.33. The van der Waals surface area contributed by atoms with Gasteiger partial charge in [-0.15, -0.1) is 0 Å². The summed E-state index contributed by atoms with van der Waals surface area (Å²) in [5.74, 6) is 1.48. The van der Waals surface area contributed by atoms with Crippen molar-refractivity contribution in [3.05, 3.63) is 58.6 Å². The van der Waals surface area contributed by atoms with Crippen LogP contribution >= 0.6 is 20.2 Å². The Balaban J connectivity index is 0.00000364. The molecule has 0 bridgehead atoms. The molecule has 0 spiro atoms. The molecule has 0 fully saturated rings. The average molecular weight is 399 g/mol. The molecule has 0 aliphatic heterocycles. The number of hydrogen-bond donors (Lipinski definition) is 0. The molecule has 2 rings (SSSR count). The number of halogens is 1. The summed E-state index contributed by atoms with van der Waals surface area (Å²) in [6, 6.07) is 13.4. The molecule has 0 radical (unpaired) electrons. The Morgan fingerprint density at radius 2 is 1.85 bits per heavy atom. The Bertz CT molecular complexity index is 699. The van der Waals surface area contributed by atoms with Crippen LogP contribution in [0.4, 0.5) is 0 Å². The number of aryl methyl sites for hydroxylation is 1. The molecule has 0 aliphatic rings. The molecule has 0 heterocycles. The first-order valence-corrected chi connectivity index (χ1v) is 10.7.